The molecule has 1 rings (SSSR count). The molecule has 0 bridgehead atoms. The lowest BCUT2D eigenvalue weighted by Crippen LogP contribution is -2.29. The van der Waals surface area contributed by atoms with Crippen LogP contribution in [0.15, 0.2) is 5.38 Å². The minimum atomic E-state index is -0.909. The van der Waals surface area contributed by atoms with Crippen molar-refractivity contribution in [3.05, 3.63) is 11.1 Å². The highest BCUT2D eigenvalue weighted by Gasteiger charge is 2.25. The monoisotopic (exact) mass is 228 g/mol. The van der Waals surface area contributed by atoms with E-state index in [1.165, 1.54) is 5.38 Å². The number of esters is 1. The SMILES string of the molecule is CC(C)(C)OC(=O)C(=O)c1csc(N)n1. The Morgan fingerprint density at radius 3 is 2.47 bits per heavy atom. The number of ketones is 1. The molecule has 0 spiro atoms. The Kier molecular flexibility index (Phi) is 3.09. The van der Waals surface area contributed by atoms with E-state index in [2.05, 4.69) is 4.98 Å². The molecule has 0 unspecified atom stereocenters. The fourth-order valence-corrected chi connectivity index (χ4v) is 1.36. The number of carbonyl (C=O) groups is 2. The lowest BCUT2D eigenvalue weighted by molar-refractivity contribution is -0.148. The third kappa shape index (κ3) is 3.32. The van der Waals surface area contributed by atoms with Gasteiger partial charge in [-0.15, -0.1) is 11.3 Å². The molecule has 0 amide bonds. The van der Waals surface area contributed by atoms with Crippen LogP contribution in [-0.4, -0.2) is 22.3 Å². The van der Waals surface area contributed by atoms with Crippen molar-refractivity contribution in [1.29, 1.82) is 0 Å². The Labute approximate surface area is 91.3 Å². The minimum Gasteiger partial charge on any atom is -0.454 e. The molecule has 0 radical (unpaired) electrons. The average molecular weight is 228 g/mol. The van der Waals surface area contributed by atoms with Gasteiger partial charge in [-0.25, -0.2) is 9.78 Å². The fraction of sp³-hybridized carbons (Fsp3) is 0.444. The van der Waals surface area contributed by atoms with Crippen molar-refractivity contribution >= 4 is 28.2 Å². The van der Waals surface area contributed by atoms with Gasteiger partial charge in [-0.1, -0.05) is 0 Å². The van der Waals surface area contributed by atoms with E-state index in [1.807, 2.05) is 0 Å². The fourth-order valence-electron chi connectivity index (χ4n) is 0.821. The molecule has 0 saturated heterocycles. The van der Waals surface area contributed by atoms with Crippen LogP contribution in [0.2, 0.25) is 0 Å². The van der Waals surface area contributed by atoms with Crippen LogP contribution in [0.25, 0.3) is 0 Å². The van der Waals surface area contributed by atoms with Gasteiger partial charge in [0.1, 0.15) is 11.3 Å². The first-order valence-corrected chi connectivity index (χ1v) is 5.16. The van der Waals surface area contributed by atoms with Gasteiger partial charge in [-0.3, -0.25) is 4.79 Å². The van der Waals surface area contributed by atoms with E-state index >= 15 is 0 Å². The van der Waals surface area contributed by atoms with Gasteiger partial charge < -0.3 is 10.5 Å². The highest BCUT2D eigenvalue weighted by atomic mass is 32.1. The molecular weight excluding hydrogens is 216 g/mol. The zero-order valence-electron chi connectivity index (χ0n) is 8.73. The van der Waals surface area contributed by atoms with Crippen LogP contribution in [0.5, 0.6) is 0 Å². The van der Waals surface area contributed by atoms with Crippen LogP contribution < -0.4 is 5.73 Å². The highest BCUT2D eigenvalue weighted by molar-refractivity contribution is 7.13. The predicted octanol–water partition coefficient (Wildman–Crippen LogP) is 1.25. The van der Waals surface area contributed by atoms with Crippen LogP contribution in [0.3, 0.4) is 0 Å². The molecule has 5 nitrogen and oxygen atoms in total. The summed E-state index contributed by atoms with van der Waals surface area (Å²) in [5, 5.41) is 1.68. The van der Waals surface area contributed by atoms with Crippen molar-refractivity contribution in [2.45, 2.75) is 26.4 Å². The van der Waals surface area contributed by atoms with E-state index in [-0.39, 0.29) is 10.8 Å². The normalized spacial score (nSPS) is 11.1. The lowest BCUT2D eigenvalue weighted by Gasteiger charge is -2.18. The third-order valence-electron chi connectivity index (χ3n) is 1.34. The van der Waals surface area contributed by atoms with Gasteiger partial charge in [0.05, 0.1) is 0 Å². The molecular formula is C9H12N2O3S. The molecule has 0 aliphatic carbocycles. The van der Waals surface area contributed by atoms with Crippen LogP contribution in [0.4, 0.5) is 5.13 Å². The maximum atomic E-state index is 11.4. The number of hydrogen-bond donors (Lipinski definition) is 1. The Balaban J connectivity index is 2.74. The molecule has 1 aromatic rings. The molecule has 1 aromatic heterocycles. The number of nitrogens with two attached hydrogens (primary N) is 1. The van der Waals surface area contributed by atoms with Gasteiger partial charge in [0.25, 0.3) is 5.78 Å². The summed E-state index contributed by atoms with van der Waals surface area (Å²) in [7, 11) is 0. The van der Waals surface area contributed by atoms with E-state index in [9.17, 15) is 9.59 Å². The molecule has 0 saturated carbocycles. The van der Waals surface area contributed by atoms with Gasteiger partial charge >= 0.3 is 5.97 Å². The molecule has 82 valence electrons. The van der Waals surface area contributed by atoms with E-state index in [0.29, 0.717) is 0 Å². The maximum Gasteiger partial charge on any atom is 0.381 e. The summed E-state index contributed by atoms with van der Waals surface area (Å²) in [5.74, 6) is -1.68. The largest absolute Gasteiger partial charge is 0.454 e. The number of nitrogen functional groups attached to an aromatic ring is 1. The lowest BCUT2D eigenvalue weighted by atomic mass is 10.2. The quantitative estimate of drug-likeness (QED) is 0.468. The van der Waals surface area contributed by atoms with Crippen molar-refractivity contribution in [3.63, 3.8) is 0 Å². The first-order valence-electron chi connectivity index (χ1n) is 4.28. The number of anilines is 1. The van der Waals surface area contributed by atoms with Gasteiger partial charge in [-0.05, 0) is 20.8 Å². The van der Waals surface area contributed by atoms with Crippen LogP contribution in [-0.2, 0) is 9.53 Å². The summed E-state index contributed by atoms with van der Waals surface area (Å²) in [6.45, 7) is 5.06. The summed E-state index contributed by atoms with van der Waals surface area (Å²) in [4.78, 5) is 26.5. The summed E-state index contributed by atoms with van der Waals surface area (Å²) in [6.07, 6.45) is 0. The first-order chi connectivity index (χ1) is 6.79. The minimum absolute atomic E-state index is 0.0340. The van der Waals surface area contributed by atoms with E-state index in [4.69, 9.17) is 10.5 Å². The van der Waals surface area contributed by atoms with Crippen molar-refractivity contribution in [1.82, 2.24) is 4.98 Å². The van der Waals surface area contributed by atoms with Crippen molar-refractivity contribution in [3.8, 4) is 0 Å². The number of hydrogen-bond acceptors (Lipinski definition) is 6. The Hall–Kier alpha value is -1.43. The molecule has 0 aliphatic heterocycles. The second-order valence-electron chi connectivity index (χ2n) is 3.90. The molecule has 0 atom stereocenters. The Morgan fingerprint density at radius 2 is 2.07 bits per heavy atom. The summed E-state index contributed by atoms with van der Waals surface area (Å²) in [6, 6.07) is 0. The average Bonchev–Trinajstić information content (AvgIpc) is 2.47. The van der Waals surface area contributed by atoms with Crippen LogP contribution in [0, 0.1) is 0 Å². The molecule has 1 heterocycles. The van der Waals surface area contributed by atoms with Gasteiger partial charge in [0.2, 0.25) is 0 Å². The third-order valence-corrected chi connectivity index (χ3v) is 2.01. The van der Waals surface area contributed by atoms with E-state index < -0.39 is 17.4 Å². The van der Waals surface area contributed by atoms with Gasteiger partial charge in [0, 0.05) is 5.38 Å². The number of thiazole rings is 1. The molecule has 0 fully saturated rings. The standard InChI is InChI=1S/C9H12N2O3S/c1-9(2,3)14-7(13)6(12)5-4-15-8(10)11-5/h4H,1-3H3,(H2,10,11). The molecule has 2 N–H and O–H groups in total. The number of nitrogens with zero attached hydrogens (tertiary/aromatic N) is 1. The van der Waals surface area contributed by atoms with Gasteiger partial charge in [-0.2, -0.15) is 0 Å². The Bertz CT molecular complexity index is 392. The van der Waals surface area contributed by atoms with Crippen molar-refractivity contribution < 1.29 is 14.3 Å². The van der Waals surface area contributed by atoms with Crippen LogP contribution in [0.1, 0.15) is 31.3 Å². The topological polar surface area (TPSA) is 82.3 Å². The zero-order chi connectivity index (χ0) is 11.6. The van der Waals surface area contributed by atoms with Crippen LogP contribution >= 0.6 is 11.3 Å². The number of carbonyl (C=O) groups excluding carboxylic acids is 2. The molecule has 0 aromatic carbocycles. The smallest absolute Gasteiger partial charge is 0.381 e. The van der Waals surface area contributed by atoms with E-state index in [1.54, 1.807) is 20.8 Å². The first kappa shape index (κ1) is 11.6. The van der Waals surface area contributed by atoms with Gasteiger partial charge in [0.15, 0.2) is 5.13 Å². The number of ether oxygens (including phenoxy) is 1. The molecule has 0 aliphatic rings. The summed E-state index contributed by atoms with van der Waals surface area (Å²) in [5.41, 5.74) is 4.69. The maximum absolute atomic E-state index is 11.4. The molecule has 6 heteroatoms. The second kappa shape index (κ2) is 3.98. The van der Waals surface area contributed by atoms with Crippen molar-refractivity contribution in [2.75, 3.05) is 5.73 Å². The Morgan fingerprint density at radius 1 is 1.47 bits per heavy atom. The predicted molar refractivity (Wildman–Crippen MR) is 56.7 cm³/mol. The van der Waals surface area contributed by atoms with Crippen molar-refractivity contribution in [2.24, 2.45) is 0 Å². The summed E-state index contributed by atoms with van der Waals surface area (Å²) >= 11 is 1.11. The number of aromatic nitrogens is 1. The number of rotatable bonds is 2. The molecule has 15 heavy (non-hydrogen) atoms. The van der Waals surface area contributed by atoms with E-state index in [0.717, 1.165) is 11.3 Å². The number of Topliss-reactive ketones (excluding diaryl/α,β-unsaturated/α-hetero) is 1. The highest BCUT2D eigenvalue weighted by Crippen LogP contribution is 2.14. The summed E-state index contributed by atoms with van der Waals surface area (Å²) < 4.78 is 4.90. The second-order valence-corrected chi connectivity index (χ2v) is 4.79. The zero-order valence-corrected chi connectivity index (χ0v) is 9.55.